The summed E-state index contributed by atoms with van der Waals surface area (Å²) in [6.07, 6.45) is 4.03. The van der Waals surface area contributed by atoms with Crippen LogP contribution in [0.3, 0.4) is 0 Å². The molecule has 4 heteroatoms. The molecule has 3 aromatic rings. The van der Waals surface area contributed by atoms with Crippen molar-refractivity contribution in [3.63, 3.8) is 0 Å². The molecular weight excluding hydrogens is 314 g/mol. The molecule has 0 saturated carbocycles. The zero-order chi connectivity index (χ0) is 14.4. The van der Waals surface area contributed by atoms with Crippen molar-refractivity contribution in [2.45, 2.75) is 27.7 Å². The number of hydrogen-bond donors (Lipinski definition) is 0. The summed E-state index contributed by atoms with van der Waals surface area (Å²) in [5, 5.41) is 1.10. The summed E-state index contributed by atoms with van der Waals surface area (Å²) in [6.45, 7) is 8.24. The highest BCUT2D eigenvalue weighted by molar-refractivity contribution is 9.10. The van der Waals surface area contributed by atoms with Gasteiger partial charge in [-0.1, -0.05) is 6.07 Å². The summed E-state index contributed by atoms with van der Waals surface area (Å²) in [5.41, 5.74) is 5.77. The second-order valence-electron chi connectivity index (χ2n) is 5.25. The average molecular weight is 330 g/mol. The van der Waals surface area contributed by atoms with Gasteiger partial charge < -0.3 is 0 Å². The van der Waals surface area contributed by atoms with Crippen molar-refractivity contribution < 1.29 is 0 Å². The highest BCUT2D eigenvalue weighted by atomic mass is 79.9. The predicted octanol–water partition coefficient (Wildman–Crippen LogP) is 4.42. The summed E-state index contributed by atoms with van der Waals surface area (Å²) in [5.74, 6) is 0.790. The SMILES string of the molecule is Cc1cc(C)c(-n2cc(C)c3cnc(C)nc32)c(Br)c1. The Hall–Kier alpha value is -1.68. The first-order valence-corrected chi connectivity index (χ1v) is 7.35. The molecule has 20 heavy (non-hydrogen) atoms. The summed E-state index contributed by atoms with van der Waals surface area (Å²) in [7, 11) is 0. The Morgan fingerprint density at radius 2 is 1.80 bits per heavy atom. The Bertz CT molecular complexity index is 795. The van der Waals surface area contributed by atoms with Crippen molar-refractivity contribution in [2.75, 3.05) is 0 Å². The number of nitrogens with zero attached hydrogens (tertiary/aromatic N) is 3. The van der Waals surface area contributed by atoms with Gasteiger partial charge in [-0.3, -0.25) is 4.57 Å². The van der Waals surface area contributed by atoms with Gasteiger partial charge in [-0.2, -0.15) is 0 Å². The fraction of sp³-hybridized carbons (Fsp3) is 0.250. The average Bonchev–Trinajstić information content (AvgIpc) is 2.65. The fourth-order valence-electron chi connectivity index (χ4n) is 2.63. The van der Waals surface area contributed by atoms with Crippen LogP contribution in [0.1, 0.15) is 22.5 Å². The molecule has 0 unspecified atom stereocenters. The van der Waals surface area contributed by atoms with Gasteiger partial charge in [-0.25, -0.2) is 9.97 Å². The van der Waals surface area contributed by atoms with Crippen molar-refractivity contribution in [2.24, 2.45) is 0 Å². The Balaban J connectivity index is 2.38. The van der Waals surface area contributed by atoms with E-state index < -0.39 is 0 Å². The van der Waals surface area contributed by atoms with E-state index in [1.54, 1.807) is 0 Å². The third-order valence-corrected chi connectivity index (χ3v) is 4.11. The first-order chi connectivity index (χ1) is 9.47. The van der Waals surface area contributed by atoms with Gasteiger partial charge in [0.05, 0.1) is 5.69 Å². The minimum Gasteiger partial charge on any atom is -0.300 e. The highest BCUT2D eigenvalue weighted by Crippen LogP contribution is 2.30. The van der Waals surface area contributed by atoms with E-state index in [0.717, 1.165) is 27.0 Å². The maximum Gasteiger partial charge on any atom is 0.148 e. The van der Waals surface area contributed by atoms with E-state index in [9.17, 15) is 0 Å². The Morgan fingerprint density at radius 3 is 2.50 bits per heavy atom. The predicted molar refractivity (Wildman–Crippen MR) is 85.5 cm³/mol. The number of aromatic nitrogens is 3. The molecule has 0 fully saturated rings. The van der Waals surface area contributed by atoms with Gasteiger partial charge in [0.2, 0.25) is 0 Å². The van der Waals surface area contributed by atoms with E-state index in [1.807, 2.05) is 13.1 Å². The molecular formula is C16H16BrN3. The number of aryl methyl sites for hydroxylation is 4. The number of rotatable bonds is 1. The monoisotopic (exact) mass is 329 g/mol. The number of benzene rings is 1. The zero-order valence-electron chi connectivity index (χ0n) is 12.0. The molecule has 0 N–H and O–H groups in total. The van der Waals surface area contributed by atoms with E-state index >= 15 is 0 Å². The van der Waals surface area contributed by atoms with Gasteiger partial charge in [0.15, 0.2) is 0 Å². The van der Waals surface area contributed by atoms with Gasteiger partial charge in [0, 0.05) is 22.3 Å². The van der Waals surface area contributed by atoms with Crippen LogP contribution in [0.25, 0.3) is 16.7 Å². The van der Waals surface area contributed by atoms with E-state index in [-0.39, 0.29) is 0 Å². The summed E-state index contributed by atoms with van der Waals surface area (Å²) in [4.78, 5) is 8.91. The van der Waals surface area contributed by atoms with E-state index in [4.69, 9.17) is 0 Å². The third-order valence-electron chi connectivity index (χ3n) is 3.50. The quantitative estimate of drug-likeness (QED) is 0.661. The first kappa shape index (κ1) is 13.3. The van der Waals surface area contributed by atoms with Crippen LogP contribution in [0.15, 0.2) is 29.0 Å². The van der Waals surface area contributed by atoms with Crippen molar-refractivity contribution >= 4 is 27.0 Å². The molecule has 2 heterocycles. The number of halogens is 1. The van der Waals surface area contributed by atoms with Gasteiger partial charge in [0.1, 0.15) is 11.5 Å². The van der Waals surface area contributed by atoms with Gasteiger partial charge in [0.25, 0.3) is 0 Å². The molecule has 1 aromatic carbocycles. The summed E-state index contributed by atoms with van der Waals surface area (Å²) in [6, 6.07) is 4.33. The van der Waals surface area contributed by atoms with Crippen LogP contribution in [-0.4, -0.2) is 14.5 Å². The molecule has 0 saturated heterocycles. The maximum atomic E-state index is 4.61. The van der Waals surface area contributed by atoms with Crippen molar-refractivity contribution in [1.82, 2.24) is 14.5 Å². The largest absolute Gasteiger partial charge is 0.300 e. The van der Waals surface area contributed by atoms with Crippen LogP contribution < -0.4 is 0 Å². The minimum atomic E-state index is 0.790. The van der Waals surface area contributed by atoms with E-state index in [1.165, 1.54) is 16.7 Å². The van der Waals surface area contributed by atoms with Crippen LogP contribution in [0.2, 0.25) is 0 Å². The van der Waals surface area contributed by atoms with Crippen molar-refractivity contribution in [3.8, 4) is 5.69 Å². The lowest BCUT2D eigenvalue weighted by Crippen LogP contribution is -2.00. The summed E-state index contributed by atoms with van der Waals surface area (Å²) >= 11 is 3.68. The second kappa shape index (κ2) is 4.70. The van der Waals surface area contributed by atoms with Crippen LogP contribution in [0.5, 0.6) is 0 Å². The Morgan fingerprint density at radius 1 is 1.05 bits per heavy atom. The number of fused-ring (bicyclic) bond motifs is 1. The van der Waals surface area contributed by atoms with Crippen LogP contribution in [0, 0.1) is 27.7 Å². The van der Waals surface area contributed by atoms with Gasteiger partial charge in [-0.15, -0.1) is 0 Å². The molecule has 3 nitrogen and oxygen atoms in total. The van der Waals surface area contributed by atoms with E-state index in [0.29, 0.717) is 0 Å². The Labute approximate surface area is 126 Å². The van der Waals surface area contributed by atoms with Crippen molar-refractivity contribution in [1.29, 1.82) is 0 Å². The van der Waals surface area contributed by atoms with E-state index in [2.05, 4.69) is 69.6 Å². The molecule has 0 bridgehead atoms. The van der Waals surface area contributed by atoms with Gasteiger partial charge >= 0.3 is 0 Å². The normalized spacial score (nSPS) is 11.2. The first-order valence-electron chi connectivity index (χ1n) is 6.56. The lowest BCUT2D eigenvalue weighted by atomic mass is 10.1. The van der Waals surface area contributed by atoms with Crippen LogP contribution in [0.4, 0.5) is 0 Å². The molecule has 3 rings (SSSR count). The molecule has 0 amide bonds. The molecule has 0 aliphatic heterocycles. The molecule has 0 aliphatic rings. The van der Waals surface area contributed by atoms with Gasteiger partial charge in [-0.05, 0) is 66.4 Å². The van der Waals surface area contributed by atoms with Crippen LogP contribution in [-0.2, 0) is 0 Å². The standard InChI is InChI=1S/C16H16BrN3/c1-9-5-10(2)15(14(17)6-9)20-8-11(3)13-7-18-12(4)19-16(13)20/h5-8H,1-4H3. The second-order valence-corrected chi connectivity index (χ2v) is 6.10. The zero-order valence-corrected chi connectivity index (χ0v) is 13.6. The molecule has 0 aliphatic carbocycles. The molecule has 0 radical (unpaired) electrons. The van der Waals surface area contributed by atoms with Crippen LogP contribution >= 0.6 is 15.9 Å². The smallest absolute Gasteiger partial charge is 0.148 e. The Kier molecular flexibility index (Phi) is 3.13. The summed E-state index contributed by atoms with van der Waals surface area (Å²) < 4.78 is 3.24. The molecule has 0 atom stereocenters. The molecule has 0 spiro atoms. The van der Waals surface area contributed by atoms with Crippen molar-refractivity contribution in [3.05, 3.63) is 51.5 Å². The highest BCUT2D eigenvalue weighted by Gasteiger charge is 2.13. The maximum absolute atomic E-state index is 4.61. The minimum absolute atomic E-state index is 0.790. The topological polar surface area (TPSA) is 30.7 Å². The lowest BCUT2D eigenvalue weighted by Gasteiger charge is -2.12. The molecule has 102 valence electrons. The third kappa shape index (κ3) is 2.04. The number of hydrogen-bond acceptors (Lipinski definition) is 2. The fourth-order valence-corrected chi connectivity index (χ4v) is 3.49. The molecule has 2 aromatic heterocycles. The lowest BCUT2D eigenvalue weighted by molar-refractivity contribution is 1.02.